The molecule has 11 heavy (non-hydrogen) atoms. The fourth-order valence-corrected chi connectivity index (χ4v) is 1.37. The molecule has 60 valence electrons. The highest BCUT2D eigenvalue weighted by Crippen LogP contribution is 2.37. The molecule has 0 aromatic heterocycles. The molecule has 3 nitrogen and oxygen atoms in total. The van der Waals surface area contributed by atoms with Crippen molar-refractivity contribution < 1.29 is 14.3 Å². The number of carbonyl (C=O) groups is 1. The third-order valence-corrected chi connectivity index (χ3v) is 1.98. The monoisotopic (exact) mass is 154 g/mol. The van der Waals surface area contributed by atoms with Gasteiger partial charge in [0.2, 0.25) is 0 Å². The van der Waals surface area contributed by atoms with Gasteiger partial charge in [-0.15, -0.1) is 0 Å². The molecule has 3 atom stereocenters. The van der Waals surface area contributed by atoms with Gasteiger partial charge in [0.1, 0.15) is 18.1 Å². The Bertz CT molecular complexity index is 209. The van der Waals surface area contributed by atoms with Crippen LogP contribution in [0.2, 0.25) is 0 Å². The molecule has 3 heteroatoms. The zero-order valence-corrected chi connectivity index (χ0v) is 6.32. The van der Waals surface area contributed by atoms with Gasteiger partial charge in [-0.3, -0.25) is 4.79 Å². The lowest BCUT2D eigenvalue weighted by atomic mass is 10.1. The van der Waals surface area contributed by atoms with Crippen molar-refractivity contribution in [1.82, 2.24) is 0 Å². The summed E-state index contributed by atoms with van der Waals surface area (Å²) in [5.41, 5.74) is 0. The van der Waals surface area contributed by atoms with Crippen molar-refractivity contribution in [1.29, 1.82) is 0 Å². The highest BCUT2D eigenvalue weighted by atomic mass is 16.6. The van der Waals surface area contributed by atoms with Gasteiger partial charge in [0.15, 0.2) is 0 Å². The summed E-state index contributed by atoms with van der Waals surface area (Å²) in [6, 6.07) is 0. The molecule has 0 spiro atoms. The maximum atomic E-state index is 11.1. The van der Waals surface area contributed by atoms with Crippen molar-refractivity contribution in [3.63, 3.8) is 0 Å². The lowest BCUT2D eigenvalue weighted by Gasteiger charge is -2.05. The average Bonchev–Trinajstić information content (AvgIpc) is 2.63. The normalized spacial score (nSPS) is 38.5. The second kappa shape index (κ2) is 2.34. The van der Waals surface area contributed by atoms with Gasteiger partial charge in [0.05, 0.1) is 6.61 Å². The predicted molar refractivity (Wildman–Crippen MR) is 37.9 cm³/mol. The van der Waals surface area contributed by atoms with Crippen LogP contribution < -0.4 is 0 Å². The molecule has 0 unspecified atom stereocenters. The van der Waals surface area contributed by atoms with E-state index in [4.69, 9.17) is 9.47 Å². The van der Waals surface area contributed by atoms with E-state index in [0.29, 0.717) is 6.61 Å². The molecule has 1 aliphatic carbocycles. The summed E-state index contributed by atoms with van der Waals surface area (Å²) in [5.74, 6) is -0.297. The molecule has 2 aliphatic rings. The van der Waals surface area contributed by atoms with Crippen LogP contribution in [0.3, 0.4) is 0 Å². The van der Waals surface area contributed by atoms with Crippen LogP contribution in [-0.4, -0.2) is 24.8 Å². The molecule has 1 fully saturated rings. The molecular formula is C8H10O3. The maximum Gasteiger partial charge on any atom is 0.315 e. The topological polar surface area (TPSA) is 38.8 Å². The molecule has 0 bridgehead atoms. The van der Waals surface area contributed by atoms with Crippen LogP contribution in [0.4, 0.5) is 0 Å². The van der Waals surface area contributed by atoms with Crippen LogP contribution >= 0.6 is 0 Å². The fraction of sp³-hybridized carbons (Fsp3) is 0.625. The van der Waals surface area contributed by atoms with E-state index in [0.717, 1.165) is 0 Å². The number of epoxide rings is 1. The van der Waals surface area contributed by atoms with Gasteiger partial charge in [0.25, 0.3) is 0 Å². The van der Waals surface area contributed by atoms with Crippen molar-refractivity contribution in [2.24, 2.45) is 5.92 Å². The summed E-state index contributed by atoms with van der Waals surface area (Å²) in [7, 11) is 0. The number of fused-ring (bicyclic) bond motifs is 1. The molecule has 0 radical (unpaired) electrons. The molecule has 2 rings (SSSR count). The summed E-state index contributed by atoms with van der Waals surface area (Å²) < 4.78 is 10.00. The first-order chi connectivity index (χ1) is 5.33. The van der Waals surface area contributed by atoms with Crippen LogP contribution in [-0.2, 0) is 14.3 Å². The summed E-state index contributed by atoms with van der Waals surface area (Å²) in [6.45, 7) is 2.25. The number of esters is 1. The number of hydrogen-bond acceptors (Lipinski definition) is 3. The second-order valence-corrected chi connectivity index (χ2v) is 2.73. The molecular weight excluding hydrogens is 144 g/mol. The molecule has 1 aliphatic heterocycles. The summed E-state index contributed by atoms with van der Waals surface area (Å²) in [5, 5.41) is 0. The van der Waals surface area contributed by atoms with Crippen LogP contribution in [0.5, 0.6) is 0 Å². The summed E-state index contributed by atoms with van der Waals surface area (Å²) >= 11 is 0. The van der Waals surface area contributed by atoms with Gasteiger partial charge < -0.3 is 9.47 Å². The Morgan fingerprint density at radius 2 is 2.45 bits per heavy atom. The largest absolute Gasteiger partial charge is 0.465 e. The Hall–Kier alpha value is -0.830. The number of rotatable bonds is 2. The van der Waals surface area contributed by atoms with E-state index in [-0.39, 0.29) is 24.1 Å². The highest BCUT2D eigenvalue weighted by molar-refractivity contribution is 5.77. The Labute approximate surface area is 65.0 Å². The van der Waals surface area contributed by atoms with E-state index in [1.165, 1.54) is 0 Å². The molecule has 0 aromatic carbocycles. The summed E-state index contributed by atoms with van der Waals surface area (Å²) in [4.78, 5) is 11.1. The molecule has 1 saturated heterocycles. The van der Waals surface area contributed by atoms with E-state index in [1.54, 1.807) is 0 Å². The molecule has 0 amide bonds. The third-order valence-electron chi connectivity index (χ3n) is 1.98. The van der Waals surface area contributed by atoms with Gasteiger partial charge in [0, 0.05) is 0 Å². The third kappa shape index (κ3) is 1.05. The molecule has 1 heterocycles. The first-order valence-electron chi connectivity index (χ1n) is 3.83. The average molecular weight is 154 g/mol. The SMILES string of the molecule is CCOC(=O)[C@H]1C=C[C@H]2O[C@@H]12. The summed E-state index contributed by atoms with van der Waals surface area (Å²) in [6.07, 6.45) is 4.08. The van der Waals surface area contributed by atoms with E-state index in [9.17, 15) is 4.79 Å². The van der Waals surface area contributed by atoms with Gasteiger partial charge in [-0.05, 0) is 6.92 Å². The maximum absolute atomic E-state index is 11.1. The van der Waals surface area contributed by atoms with E-state index >= 15 is 0 Å². The van der Waals surface area contributed by atoms with Crippen molar-refractivity contribution in [3.8, 4) is 0 Å². The van der Waals surface area contributed by atoms with Gasteiger partial charge in [-0.2, -0.15) is 0 Å². The zero-order chi connectivity index (χ0) is 7.84. The Morgan fingerprint density at radius 3 is 2.91 bits per heavy atom. The minimum Gasteiger partial charge on any atom is -0.465 e. The first-order valence-corrected chi connectivity index (χ1v) is 3.83. The van der Waals surface area contributed by atoms with E-state index in [1.807, 2.05) is 19.1 Å². The van der Waals surface area contributed by atoms with Crippen molar-refractivity contribution >= 4 is 5.97 Å². The Kier molecular flexibility index (Phi) is 1.46. The van der Waals surface area contributed by atoms with Crippen LogP contribution in [0.25, 0.3) is 0 Å². The van der Waals surface area contributed by atoms with Crippen LogP contribution in [0, 0.1) is 5.92 Å². The smallest absolute Gasteiger partial charge is 0.315 e. The van der Waals surface area contributed by atoms with Gasteiger partial charge >= 0.3 is 5.97 Å². The highest BCUT2D eigenvalue weighted by Gasteiger charge is 2.50. The number of hydrogen-bond donors (Lipinski definition) is 0. The van der Waals surface area contributed by atoms with Gasteiger partial charge in [-0.1, -0.05) is 12.2 Å². The second-order valence-electron chi connectivity index (χ2n) is 2.73. The standard InChI is InChI=1S/C8H10O3/c1-2-10-8(9)5-3-4-6-7(5)11-6/h3-7H,2H2,1H3/t5-,6+,7-/m0/s1. The fourth-order valence-electron chi connectivity index (χ4n) is 1.37. The van der Waals surface area contributed by atoms with Crippen molar-refractivity contribution in [3.05, 3.63) is 12.2 Å². The van der Waals surface area contributed by atoms with E-state index < -0.39 is 0 Å². The minimum absolute atomic E-state index is 0.0917. The predicted octanol–water partition coefficient (Wildman–Crippen LogP) is 0.503. The molecule has 0 saturated carbocycles. The quantitative estimate of drug-likeness (QED) is 0.330. The Balaban J connectivity index is 1.95. The van der Waals surface area contributed by atoms with Crippen molar-refractivity contribution in [2.75, 3.05) is 6.61 Å². The number of ether oxygens (including phenoxy) is 2. The van der Waals surface area contributed by atoms with Gasteiger partial charge in [-0.25, -0.2) is 0 Å². The minimum atomic E-state index is -0.159. The van der Waals surface area contributed by atoms with E-state index in [2.05, 4.69) is 0 Å². The first kappa shape index (κ1) is 6.85. The molecule has 0 N–H and O–H groups in total. The van der Waals surface area contributed by atoms with Crippen molar-refractivity contribution in [2.45, 2.75) is 19.1 Å². The van der Waals surface area contributed by atoms with Crippen LogP contribution in [0.1, 0.15) is 6.92 Å². The lowest BCUT2D eigenvalue weighted by molar-refractivity contribution is -0.146. The van der Waals surface area contributed by atoms with Crippen LogP contribution in [0.15, 0.2) is 12.2 Å². The zero-order valence-electron chi connectivity index (χ0n) is 6.32. The molecule has 0 aromatic rings. The lowest BCUT2D eigenvalue weighted by Crippen LogP contribution is -2.19. The Morgan fingerprint density at radius 1 is 1.64 bits per heavy atom. The number of carbonyl (C=O) groups excluding carboxylic acids is 1.